The lowest BCUT2D eigenvalue weighted by atomic mass is 9.94. The Morgan fingerprint density at radius 1 is 1.11 bits per heavy atom. The van der Waals surface area contributed by atoms with Gasteiger partial charge in [-0.3, -0.25) is 4.79 Å². The first kappa shape index (κ1) is 19.1. The Morgan fingerprint density at radius 3 is 2.43 bits per heavy atom. The number of aromatic hydroxyl groups is 1. The summed E-state index contributed by atoms with van der Waals surface area (Å²) in [6.45, 7) is 1.65. The number of allylic oxidation sites excluding steroid dienone is 1. The number of phenolic OH excluding ortho intramolecular Hbond substituents is 1. The molecule has 1 atom stereocenters. The van der Waals surface area contributed by atoms with Crippen LogP contribution in [0.5, 0.6) is 17.2 Å². The monoisotopic (exact) mass is 383 g/mol. The molecule has 1 aliphatic rings. The van der Waals surface area contributed by atoms with Crippen molar-refractivity contribution in [1.82, 2.24) is 10.6 Å². The summed E-state index contributed by atoms with van der Waals surface area (Å²) in [5.74, 6) is 0.511. The number of urea groups is 1. The lowest BCUT2D eigenvalue weighted by Crippen LogP contribution is -2.45. The van der Waals surface area contributed by atoms with Gasteiger partial charge in [0.1, 0.15) is 5.75 Å². The fraction of sp³-hybridized carbons (Fsp3) is 0.200. The minimum absolute atomic E-state index is 0.0830. The van der Waals surface area contributed by atoms with Crippen molar-refractivity contribution < 1.29 is 24.2 Å². The molecule has 0 fully saturated rings. The maximum Gasteiger partial charge on any atom is 0.319 e. The van der Waals surface area contributed by atoms with Gasteiger partial charge in [0, 0.05) is 11.4 Å². The summed E-state index contributed by atoms with van der Waals surface area (Å²) < 4.78 is 10.2. The number of methoxy groups -OCH3 is 2. The molecule has 2 aromatic carbocycles. The highest BCUT2D eigenvalue weighted by Crippen LogP contribution is 2.33. The molecule has 28 heavy (non-hydrogen) atoms. The van der Waals surface area contributed by atoms with Gasteiger partial charge in [-0.25, -0.2) is 4.79 Å². The third-order valence-electron chi connectivity index (χ3n) is 4.40. The standard InChI is InChI=1S/C20H21N3O5/c1-11-17(19(25)22-13-5-7-14(27-2)8-6-13)18(23-20(26)21-11)12-4-9-16(28-3)15(24)10-12/h4-10,18,24H,1-3H3,(H,22,25)(H2,21,23,26). The average Bonchev–Trinajstić information content (AvgIpc) is 2.67. The SMILES string of the molecule is COc1ccc(NC(=O)C2=C(C)NC(=O)NC2c2ccc(OC)c(O)c2)cc1. The van der Waals surface area contributed by atoms with Crippen LogP contribution in [0.4, 0.5) is 10.5 Å². The van der Waals surface area contributed by atoms with Crippen LogP contribution >= 0.6 is 0 Å². The molecule has 0 saturated carbocycles. The van der Waals surface area contributed by atoms with Crippen LogP contribution < -0.4 is 25.4 Å². The van der Waals surface area contributed by atoms with E-state index in [-0.39, 0.29) is 11.7 Å². The number of amides is 3. The number of hydrogen-bond donors (Lipinski definition) is 4. The molecular weight excluding hydrogens is 362 g/mol. The van der Waals surface area contributed by atoms with Crippen molar-refractivity contribution in [1.29, 1.82) is 0 Å². The van der Waals surface area contributed by atoms with Crippen LogP contribution in [0, 0.1) is 0 Å². The molecule has 2 aromatic rings. The van der Waals surface area contributed by atoms with Gasteiger partial charge in [0.05, 0.1) is 25.8 Å². The third-order valence-corrected chi connectivity index (χ3v) is 4.40. The Bertz CT molecular complexity index is 937. The number of rotatable bonds is 5. The summed E-state index contributed by atoms with van der Waals surface area (Å²) in [4.78, 5) is 24.9. The van der Waals surface area contributed by atoms with Crippen LogP contribution in [-0.4, -0.2) is 31.3 Å². The molecule has 0 aromatic heterocycles. The zero-order valence-corrected chi connectivity index (χ0v) is 15.7. The molecule has 8 heteroatoms. The Kier molecular flexibility index (Phi) is 5.39. The minimum atomic E-state index is -0.733. The van der Waals surface area contributed by atoms with Crippen molar-refractivity contribution in [2.75, 3.05) is 19.5 Å². The second-order valence-corrected chi connectivity index (χ2v) is 6.18. The molecular formula is C20H21N3O5. The number of anilines is 1. The van der Waals surface area contributed by atoms with E-state index in [1.54, 1.807) is 50.4 Å². The maximum atomic E-state index is 13.0. The largest absolute Gasteiger partial charge is 0.504 e. The number of carbonyl (C=O) groups excluding carboxylic acids is 2. The van der Waals surface area contributed by atoms with Crippen LogP contribution in [-0.2, 0) is 4.79 Å². The fourth-order valence-corrected chi connectivity index (χ4v) is 3.00. The van der Waals surface area contributed by atoms with Gasteiger partial charge < -0.3 is 30.5 Å². The number of phenols is 1. The Hall–Kier alpha value is -3.68. The van der Waals surface area contributed by atoms with Gasteiger partial charge >= 0.3 is 6.03 Å². The highest BCUT2D eigenvalue weighted by molar-refractivity contribution is 6.06. The average molecular weight is 383 g/mol. The van der Waals surface area contributed by atoms with E-state index in [1.807, 2.05) is 0 Å². The molecule has 1 unspecified atom stereocenters. The van der Waals surface area contributed by atoms with E-state index in [2.05, 4.69) is 16.0 Å². The first-order valence-electron chi connectivity index (χ1n) is 8.53. The number of carbonyl (C=O) groups is 2. The van der Waals surface area contributed by atoms with Crippen molar-refractivity contribution in [3.05, 3.63) is 59.3 Å². The van der Waals surface area contributed by atoms with Gasteiger partial charge in [-0.2, -0.15) is 0 Å². The van der Waals surface area contributed by atoms with Crippen molar-refractivity contribution in [2.45, 2.75) is 13.0 Å². The molecule has 0 saturated heterocycles. The fourth-order valence-electron chi connectivity index (χ4n) is 3.00. The van der Waals surface area contributed by atoms with E-state index in [0.717, 1.165) is 0 Å². The van der Waals surface area contributed by atoms with Crippen molar-refractivity contribution in [3.8, 4) is 17.2 Å². The smallest absolute Gasteiger partial charge is 0.319 e. The van der Waals surface area contributed by atoms with Crippen LogP contribution in [0.25, 0.3) is 0 Å². The molecule has 0 spiro atoms. The highest BCUT2D eigenvalue weighted by Gasteiger charge is 2.31. The highest BCUT2D eigenvalue weighted by atomic mass is 16.5. The van der Waals surface area contributed by atoms with Gasteiger partial charge in [-0.1, -0.05) is 6.07 Å². The predicted octanol–water partition coefficient (Wildman–Crippen LogP) is 2.68. The lowest BCUT2D eigenvalue weighted by Gasteiger charge is -2.29. The lowest BCUT2D eigenvalue weighted by molar-refractivity contribution is -0.113. The molecule has 146 valence electrons. The van der Waals surface area contributed by atoms with Crippen molar-refractivity contribution >= 4 is 17.6 Å². The van der Waals surface area contributed by atoms with E-state index in [9.17, 15) is 14.7 Å². The number of benzene rings is 2. The Morgan fingerprint density at radius 2 is 1.82 bits per heavy atom. The summed E-state index contributed by atoms with van der Waals surface area (Å²) in [6, 6.07) is 10.5. The molecule has 1 heterocycles. The Balaban J connectivity index is 1.92. The van der Waals surface area contributed by atoms with Gasteiger partial charge in [-0.15, -0.1) is 0 Å². The molecule has 8 nitrogen and oxygen atoms in total. The number of hydrogen-bond acceptors (Lipinski definition) is 5. The topological polar surface area (TPSA) is 109 Å². The quantitative estimate of drug-likeness (QED) is 0.635. The van der Waals surface area contributed by atoms with Gasteiger partial charge in [-0.05, 0) is 48.9 Å². The van der Waals surface area contributed by atoms with E-state index in [1.165, 1.54) is 13.2 Å². The zero-order valence-electron chi connectivity index (χ0n) is 15.7. The molecule has 4 N–H and O–H groups in total. The summed E-state index contributed by atoms with van der Waals surface area (Å²) in [6.07, 6.45) is 0. The van der Waals surface area contributed by atoms with Crippen molar-refractivity contribution in [2.24, 2.45) is 0 Å². The van der Waals surface area contributed by atoms with Crippen LogP contribution in [0.1, 0.15) is 18.5 Å². The van der Waals surface area contributed by atoms with E-state index in [0.29, 0.717) is 34.0 Å². The maximum absolute atomic E-state index is 13.0. The van der Waals surface area contributed by atoms with E-state index in [4.69, 9.17) is 9.47 Å². The first-order chi connectivity index (χ1) is 13.4. The van der Waals surface area contributed by atoms with Crippen LogP contribution in [0.2, 0.25) is 0 Å². The van der Waals surface area contributed by atoms with Gasteiger partial charge in [0.25, 0.3) is 5.91 Å². The van der Waals surface area contributed by atoms with E-state index >= 15 is 0 Å². The molecule has 0 bridgehead atoms. The predicted molar refractivity (Wildman–Crippen MR) is 103 cm³/mol. The van der Waals surface area contributed by atoms with Gasteiger partial charge in [0.15, 0.2) is 11.5 Å². The molecule has 3 amide bonds. The second-order valence-electron chi connectivity index (χ2n) is 6.18. The summed E-state index contributed by atoms with van der Waals surface area (Å²) in [5, 5.41) is 18.2. The summed E-state index contributed by atoms with van der Waals surface area (Å²) >= 11 is 0. The normalized spacial score (nSPS) is 16.1. The van der Waals surface area contributed by atoms with Gasteiger partial charge in [0.2, 0.25) is 0 Å². The zero-order chi connectivity index (χ0) is 20.3. The molecule has 0 aliphatic carbocycles. The van der Waals surface area contributed by atoms with Crippen molar-refractivity contribution in [3.63, 3.8) is 0 Å². The summed E-state index contributed by atoms with van der Waals surface area (Å²) in [7, 11) is 3.01. The molecule has 3 rings (SSSR count). The first-order valence-corrected chi connectivity index (χ1v) is 8.53. The Labute approximate surface area is 162 Å². The minimum Gasteiger partial charge on any atom is -0.504 e. The molecule has 1 aliphatic heterocycles. The third kappa shape index (κ3) is 3.85. The number of ether oxygens (including phenoxy) is 2. The van der Waals surface area contributed by atoms with Crippen LogP contribution in [0.15, 0.2) is 53.7 Å². The van der Waals surface area contributed by atoms with Crippen LogP contribution in [0.3, 0.4) is 0 Å². The summed E-state index contributed by atoms with van der Waals surface area (Å²) in [5.41, 5.74) is 1.89. The van der Waals surface area contributed by atoms with E-state index < -0.39 is 12.1 Å². The second kappa shape index (κ2) is 7.91. The molecule has 0 radical (unpaired) electrons. The number of nitrogens with one attached hydrogen (secondary N) is 3.